The van der Waals surface area contributed by atoms with Crippen molar-refractivity contribution in [3.63, 3.8) is 0 Å². The summed E-state index contributed by atoms with van der Waals surface area (Å²) < 4.78 is 6.16. The van der Waals surface area contributed by atoms with Crippen LogP contribution < -0.4 is 15.4 Å². The quantitative estimate of drug-likeness (QED) is 0.688. The third-order valence-electron chi connectivity index (χ3n) is 5.03. The molecule has 2 aromatic heterocycles. The van der Waals surface area contributed by atoms with Gasteiger partial charge in [0.1, 0.15) is 5.75 Å². The standard InChI is InChI=1S/C22H24N4O2/c27-22(15-25-18-4-2-11-23-14-18)26-17-5-7-19(8-6-17)28-20-9-10-21-16(13-20)3-1-12-24-21/h1-4,9-14,17,19,25H,5-8,15H2,(H,26,27). The Bertz CT molecular complexity index is 924. The van der Waals surface area contributed by atoms with E-state index < -0.39 is 0 Å². The van der Waals surface area contributed by atoms with E-state index in [4.69, 9.17) is 4.74 Å². The Balaban J connectivity index is 1.22. The van der Waals surface area contributed by atoms with E-state index in [1.165, 1.54) is 0 Å². The second-order valence-corrected chi connectivity index (χ2v) is 7.11. The van der Waals surface area contributed by atoms with Gasteiger partial charge >= 0.3 is 0 Å². The molecule has 144 valence electrons. The van der Waals surface area contributed by atoms with E-state index in [9.17, 15) is 4.79 Å². The molecule has 1 fully saturated rings. The number of carbonyl (C=O) groups is 1. The van der Waals surface area contributed by atoms with E-state index in [2.05, 4.69) is 20.6 Å². The first-order valence-corrected chi connectivity index (χ1v) is 9.71. The fourth-order valence-corrected chi connectivity index (χ4v) is 3.57. The number of rotatable bonds is 6. The summed E-state index contributed by atoms with van der Waals surface area (Å²) in [6, 6.07) is 13.9. The summed E-state index contributed by atoms with van der Waals surface area (Å²) in [5, 5.41) is 7.28. The van der Waals surface area contributed by atoms with Crippen LogP contribution in [-0.2, 0) is 4.79 Å². The van der Waals surface area contributed by atoms with Crippen molar-refractivity contribution >= 4 is 22.5 Å². The van der Waals surface area contributed by atoms with Gasteiger partial charge in [0.2, 0.25) is 5.91 Å². The van der Waals surface area contributed by atoms with Crippen LogP contribution in [0, 0.1) is 0 Å². The molecule has 0 saturated heterocycles. The Hall–Kier alpha value is -3.15. The fourth-order valence-electron chi connectivity index (χ4n) is 3.57. The highest BCUT2D eigenvalue weighted by Crippen LogP contribution is 2.26. The van der Waals surface area contributed by atoms with Gasteiger partial charge in [0, 0.05) is 30.0 Å². The lowest BCUT2D eigenvalue weighted by Crippen LogP contribution is -2.42. The summed E-state index contributed by atoms with van der Waals surface area (Å²) in [6.45, 7) is 0.257. The summed E-state index contributed by atoms with van der Waals surface area (Å²) in [5.74, 6) is 0.893. The number of amides is 1. The lowest BCUT2D eigenvalue weighted by molar-refractivity contribution is -0.120. The number of ether oxygens (including phenoxy) is 1. The minimum Gasteiger partial charge on any atom is -0.490 e. The molecule has 2 heterocycles. The lowest BCUT2D eigenvalue weighted by atomic mass is 9.93. The zero-order valence-corrected chi connectivity index (χ0v) is 15.7. The molecule has 1 aliphatic carbocycles. The van der Waals surface area contributed by atoms with E-state index in [1.54, 1.807) is 18.6 Å². The molecule has 0 radical (unpaired) electrons. The number of pyridine rings is 2. The zero-order valence-electron chi connectivity index (χ0n) is 15.7. The first-order valence-electron chi connectivity index (χ1n) is 9.71. The van der Waals surface area contributed by atoms with Gasteiger partial charge in [-0.25, -0.2) is 0 Å². The summed E-state index contributed by atoms with van der Waals surface area (Å²) in [5.41, 5.74) is 1.82. The SMILES string of the molecule is O=C(CNc1cccnc1)NC1CCC(Oc2ccc3ncccc3c2)CC1. The number of anilines is 1. The van der Waals surface area contributed by atoms with Gasteiger partial charge in [-0.1, -0.05) is 6.07 Å². The van der Waals surface area contributed by atoms with Gasteiger partial charge in [0.15, 0.2) is 0 Å². The Labute approximate surface area is 164 Å². The average Bonchev–Trinajstić information content (AvgIpc) is 2.74. The highest BCUT2D eigenvalue weighted by Gasteiger charge is 2.23. The van der Waals surface area contributed by atoms with Gasteiger partial charge in [-0.05, 0) is 62.1 Å². The van der Waals surface area contributed by atoms with Crippen LogP contribution in [-0.4, -0.2) is 34.6 Å². The number of nitrogens with zero attached hydrogens (tertiary/aromatic N) is 2. The van der Waals surface area contributed by atoms with Crippen molar-refractivity contribution in [1.82, 2.24) is 15.3 Å². The zero-order chi connectivity index (χ0) is 19.2. The molecule has 1 saturated carbocycles. The van der Waals surface area contributed by atoms with Crippen LogP contribution in [0.5, 0.6) is 5.75 Å². The van der Waals surface area contributed by atoms with Crippen molar-refractivity contribution < 1.29 is 9.53 Å². The molecule has 6 heteroatoms. The number of nitrogens with one attached hydrogen (secondary N) is 2. The Morgan fingerprint density at radius 1 is 1.07 bits per heavy atom. The number of fused-ring (bicyclic) bond motifs is 1. The van der Waals surface area contributed by atoms with Crippen LogP contribution in [0.4, 0.5) is 5.69 Å². The maximum absolute atomic E-state index is 12.2. The van der Waals surface area contributed by atoms with Gasteiger partial charge in [0.05, 0.1) is 23.9 Å². The topological polar surface area (TPSA) is 76.1 Å². The normalized spacial score (nSPS) is 19.1. The van der Waals surface area contributed by atoms with Gasteiger partial charge in [-0.2, -0.15) is 0 Å². The minimum absolute atomic E-state index is 0.00949. The highest BCUT2D eigenvalue weighted by molar-refractivity contribution is 5.81. The average molecular weight is 376 g/mol. The van der Waals surface area contributed by atoms with Crippen molar-refractivity contribution in [3.8, 4) is 5.75 Å². The van der Waals surface area contributed by atoms with E-state index >= 15 is 0 Å². The third kappa shape index (κ3) is 4.76. The Morgan fingerprint density at radius 2 is 1.93 bits per heavy atom. The molecule has 0 atom stereocenters. The summed E-state index contributed by atoms with van der Waals surface area (Å²) in [4.78, 5) is 20.5. The van der Waals surface area contributed by atoms with Crippen LogP contribution in [0.25, 0.3) is 10.9 Å². The molecule has 0 bridgehead atoms. The van der Waals surface area contributed by atoms with Crippen LogP contribution >= 0.6 is 0 Å². The molecule has 1 amide bonds. The number of carbonyl (C=O) groups excluding carboxylic acids is 1. The summed E-state index contributed by atoms with van der Waals surface area (Å²) >= 11 is 0. The van der Waals surface area contributed by atoms with Crippen molar-refractivity contribution in [1.29, 1.82) is 0 Å². The van der Waals surface area contributed by atoms with E-state index in [0.29, 0.717) is 0 Å². The summed E-state index contributed by atoms with van der Waals surface area (Å²) in [6.07, 6.45) is 9.13. The summed E-state index contributed by atoms with van der Waals surface area (Å²) in [7, 11) is 0. The molecule has 2 N–H and O–H groups in total. The smallest absolute Gasteiger partial charge is 0.239 e. The predicted molar refractivity (Wildman–Crippen MR) is 109 cm³/mol. The van der Waals surface area contributed by atoms with Crippen LogP contribution in [0.3, 0.4) is 0 Å². The molecule has 28 heavy (non-hydrogen) atoms. The van der Waals surface area contributed by atoms with E-state index in [0.717, 1.165) is 48.0 Å². The largest absolute Gasteiger partial charge is 0.490 e. The monoisotopic (exact) mass is 376 g/mol. The minimum atomic E-state index is 0.00949. The first-order chi connectivity index (χ1) is 13.8. The number of hydrogen-bond acceptors (Lipinski definition) is 5. The molecule has 6 nitrogen and oxygen atoms in total. The maximum atomic E-state index is 12.2. The van der Waals surface area contributed by atoms with Gasteiger partial charge < -0.3 is 15.4 Å². The molecule has 0 unspecified atom stereocenters. The van der Waals surface area contributed by atoms with Crippen LogP contribution in [0.15, 0.2) is 61.1 Å². The molecule has 0 spiro atoms. The molecule has 4 rings (SSSR count). The Kier molecular flexibility index (Phi) is 5.66. The van der Waals surface area contributed by atoms with Gasteiger partial charge in [-0.15, -0.1) is 0 Å². The fraction of sp³-hybridized carbons (Fsp3) is 0.318. The van der Waals surface area contributed by atoms with E-state index in [1.807, 2.05) is 42.5 Å². The second-order valence-electron chi connectivity index (χ2n) is 7.11. The molecular weight excluding hydrogens is 352 g/mol. The molecule has 1 aromatic carbocycles. The lowest BCUT2D eigenvalue weighted by Gasteiger charge is -2.29. The van der Waals surface area contributed by atoms with Crippen LogP contribution in [0.2, 0.25) is 0 Å². The maximum Gasteiger partial charge on any atom is 0.239 e. The van der Waals surface area contributed by atoms with Crippen molar-refractivity contribution in [2.45, 2.75) is 37.8 Å². The molecule has 1 aliphatic rings. The van der Waals surface area contributed by atoms with Crippen molar-refractivity contribution in [2.24, 2.45) is 0 Å². The number of aromatic nitrogens is 2. The molecule has 3 aromatic rings. The second kappa shape index (κ2) is 8.69. The molecular formula is C22H24N4O2. The van der Waals surface area contributed by atoms with E-state index in [-0.39, 0.29) is 24.6 Å². The van der Waals surface area contributed by atoms with Crippen LogP contribution in [0.1, 0.15) is 25.7 Å². The Morgan fingerprint density at radius 3 is 2.75 bits per heavy atom. The first kappa shape index (κ1) is 18.2. The van der Waals surface area contributed by atoms with Gasteiger partial charge in [0.25, 0.3) is 0 Å². The van der Waals surface area contributed by atoms with Crippen molar-refractivity contribution in [3.05, 3.63) is 61.1 Å². The number of hydrogen-bond donors (Lipinski definition) is 2. The highest BCUT2D eigenvalue weighted by atomic mass is 16.5. The van der Waals surface area contributed by atoms with Gasteiger partial charge in [-0.3, -0.25) is 14.8 Å². The van der Waals surface area contributed by atoms with Crippen molar-refractivity contribution in [2.75, 3.05) is 11.9 Å². The third-order valence-corrected chi connectivity index (χ3v) is 5.03. The molecule has 0 aliphatic heterocycles. The number of benzene rings is 1. The predicted octanol–water partition coefficient (Wildman–Crippen LogP) is 3.55.